The minimum atomic E-state index is -0.461. The summed E-state index contributed by atoms with van der Waals surface area (Å²) in [6, 6.07) is 4.28. The standard InChI is InChI=1S/C13H16IN3O3.ClH/c14-12-7-10(17(19)20)1-2-11(12)13(18)16-6-4-9-3-5-15-8-9;/h1-2,7,9,15H,3-6,8H2,(H,16,18);1H. The molecule has 0 spiro atoms. The molecule has 0 aliphatic carbocycles. The number of nitrogens with zero attached hydrogens (tertiary/aromatic N) is 1. The topological polar surface area (TPSA) is 84.3 Å². The van der Waals surface area contributed by atoms with Crippen molar-refractivity contribution in [3.8, 4) is 0 Å². The van der Waals surface area contributed by atoms with Gasteiger partial charge in [0, 0.05) is 22.2 Å². The Morgan fingerprint density at radius 2 is 2.29 bits per heavy atom. The Kier molecular flexibility index (Phi) is 7.33. The first-order chi connectivity index (χ1) is 9.58. The molecule has 1 aromatic rings. The summed E-state index contributed by atoms with van der Waals surface area (Å²) in [5.74, 6) is 0.460. The van der Waals surface area contributed by atoms with Gasteiger partial charge >= 0.3 is 0 Å². The van der Waals surface area contributed by atoms with E-state index >= 15 is 0 Å². The number of carbonyl (C=O) groups is 1. The molecule has 0 aromatic heterocycles. The Labute approximate surface area is 142 Å². The Morgan fingerprint density at radius 1 is 1.52 bits per heavy atom. The second-order valence-corrected chi connectivity index (χ2v) is 5.99. The minimum absolute atomic E-state index is 0. The van der Waals surface area contributed by atoms with E-state index in [4.69, 9.17) is 0 Å². The van der Waals surface area contributed by atoms with Crippen LogP contribution >= 0.6 is 35.0 Å². The molecule has 6 nitrogen and oxygen atoms in total. The number of nitrogens with one attached hydrogen (secondary N) is 2. The monoisotopic (exact) mass is 425 g/mol. The molecule has 116 valence electrons. The molecule has 1 saturated heterocycles. The van der Waals surface area contributed by atoms with Crippen LogP contribution in [0.5, 0.6) is 0 Å². The van der Waals surface area contributed by atoms with E-state index in [1.165, 1.54) is 18.2 Å². The van der Waals surface area contributed by atoms with Gasteiger partial charge in [-0.3, -0.25) is 14.9 Å². The summed E-state index contributed by atoms with van der Waals surface area (Å²) >= 11 is 1.95. The molecule has 1 aromatic carbocycles. The maximum absolute atomic E-state index is 12.0. The minimum Gasteiger partial charge on any atom is -0.352 e. The number of halogens is 2. The van der Waals surface area contributed by atoms with Crippen LogP contribution in [0.15, 0.2) is 18.2 Å². The zero-order valence-electron chi connectivity index (χ0n) is 11.3. The summed E-state index contributed by atoms with van der Waals surface area (Å²) in [4.78, 5) is 22.2. The van der Waals surface area contributed by atoms with Crippen molar-refractivity contribution in [1.82, 2.24) is 10.6 Å². The van der Waals surface area contributed by atoms with Gasteiger partial charge in [-0.15, -0.1) is 12.4 Å². The maximum Gasteiger partial charge on any atom is 0.270 e. The molecule has 0 saturated carbocycles. The van der Waals surface area contributed by atoms with Gasteiger partial charge in [0.25, 0.3) is 11.6 Å². The van der Waals surface area contributed by atoms with E-state index in [1.54, 1.807) is 0 Å². The molecule has 1 aliphatic rings. The van der Waals surface area contributed by atoms with Crippen LogP contribution in [0.4, 0.5) is 5.69 Å². The van der Waals surface area contributed by atoms with Crippen molar-refractivity contribution >= 4 is 46.6 Å². The van der Waals surface area contributed by atoms with Gasteiger partial charge < -0.3 is 10.6 Å². The quantitative estimate of drug-likeness (QED) is 0.431. The molecule has 21 heavy (non-hydrogen) atoms. The molecular formula is C13H17ClIN3O3. The highest BCUT2D eigenvalue weighted by atomic mass is 127. The first-order valence-electron chi connectivity index (χ1n) is 6.51. The number of non-ortho nitro benzene ring substituents is 1. The Morgan fingerprint density at radius 3 is 2.86 bits per heavy atom. The number of hydrogen-bond acceptors (Lipinski definition) is 4. The lowest BCUT2D eigenvalue weighted by molar-refractivity contribution is -0.384. The number of benzene rings is 1. The van der Waals surface area contributed by atoms with E-state index in [2.05, 4.69) is 10.6 Å². The summed E-state index contributed by atoms with van der Waals surface area (Å²) in [6.07, 6.45) is 2.12. The molecule has 1 heterocycles. The fraction of sp³-hybridized carbons (Fsp3) is 0.462. The van der Waals surface area contributed by atoms with Gasteiger partial charge in [0.15, 0.2) is 0 Å². The van der Waals surface area contributed by atoms with Gasteiger partial charge in [-0.05, 0) is 60.5 Å². The van der Waals surface area contributed by atoms with Crippen LogP contribution in [-0.2, 0) is 0 Å². The number of rotatable bonds is 5. The molecular weight excluding hydrogens is 409 g/mol. The van der Waals surface area contributed by atoms with Crippen LogP contribution in [-0.4, -0.2) is 30.5 Å². The van der Waals surface area contributed by atoms with Gasteiger partial charge in [0.05, 0.1) is 10.5 Å². The highest BCUT2D eigenvalue weighted by Gasteiger charge is 2.16. The van der Waals surface area contributed by atoms with E-state index in [0.29, 0.717) is 21.6 Å². The second-order valence-electron chi connectivity index (χ2n) is 4.82. The van der Waals surface area contributed by atoms with E-state index in [0.717, 1.165) is 25.9 Å². The second kappa shape index (κ2) is 8.50. The van der Waals surface area contributed by atoms with Crippen LogP contribution in [0.2, 0.25) is 0 Å². The summed E-state index contributed by atoms with van der Waals surface area (Å²) in [5, 5.41) is 16.8. The predicted molar refractivity (Wildman–Crippen MR) is 91.0 cm³/mol. The van der Waals surface area contributed by atoms with Crippen LogP contribution in [0.1, 0.15) is 23.2 Å². The summed E-state index contributed by atoms with van der Waals surface area (Å²) in [7, 11) is 0. The van der Waals surface area contributed by atoms with Gasteiger partial charge in [0.2, 0.25) is 0 Å². The number of hydrogen-bond donors (Lipinski definition) is 2. The van der Waals surface area contributed by atoms with Gasteiger partial charge in [-0.25, -0.2) is 0 Å². The van der Waals surface area contributed by atoms with Crippen molar-refractivity contribution in [2.45, 2.75) is 12.8 Å². The van der Waals surface area contributed by atoms with Gasteiger partial charge in [0.1, 0.15) is 0 Å². The van der Waals surface area contributed by atoms with Crippen molar-refractivity contribution in [2.24, 2.45) is 5.92 Å². The highest BCUT2D eigenvalue weighted by Crippen LogP contribution is 2.19. The lowest BCUT2D eigenvalue weighted by atomic mass is 10.1. The molecule has 1 amide bonds. The van der Waals surface area contributed by atoms with Crippen LogP contribution in [0, 0.1) is 19.6 Å². The van der Waals surface area contributed by atoms with Crippen LogP contribution < -0.4 is 10.6 Å². The van der Waals surface area contributed by atoms with Crippen molar-refractivity contribution in [2.75, 3.05) is 19.6 Å². The van der Waals surface area contributed by atoms with Crippen molar-refractivity contribution in [1.29, 1.82) is 0 Å². The Balaban J connectivity index is 0.00000220. The van der Waals surface area contributed by atoms with Gasteiger partial charge in [-0.2, -0.15) is 0 Å². The van der Waals surface area contributed by atoms with Crippen molar-refractivity contribution < 1.29 is 9.72 Å². The SMILES string of the molecule is Cl.O=C(NCCC1CCNC1)c1ccc([N+](=O)[O-])cc1I. The molecule has 2 N–H and O–H groups in total. The molecule has 0 bridgehead atoms. The lowest BCUT2D eigenvalue weighted by Crippen LogP contribution is -2.27. The molecule has 1 atom stereocenters. The zero-order chi connectivity index (χ0) is 14.5. The number of carbonyl (C=O) groups excluding carboxylic acids is 1. The lowest BCUT2D eigenvalue weighted by Gasteiger charge is -2.10. The van der Waals surface area contributed by atoms with Crippen molar-refractivity contribution in [3.05, 3.63) is 37.4 Å². The Bertz CT molecular complexity index is 521. The fourth-order valence-corrected chi connectivity index (χ4v) is 2.99. The molecule has 1 aliphatic heterocycles. The average Bonchev–Trinajstić information content (AvgIpc) is 2.91. The smallest absolute Gasteiger partial charge is 0.270 e. The molecule has 2 rings (SSSR count). The van der Waals surface area contributed by atoms with E-state index in [-0.39, 0.29) is 24.0 Å². The number of amides is 1. The summed E-state index contributed by atoms with van der Waals surface area (Å²) < 4.78 is 0.594. The third kappa shape index (κ3) is 5.08. The van der Waals surface area contributed by atoms with Crippen LogP contribution in [0.25, 0.3) is 0 Å². The summed E-state index contributed by atoms with van der Waals surface area (Å²) in [6.45, 7) is 2.71. The normalized spacial score (nSPS) is 17.1. The first-order valence-corrected chi connectivity index (χ1v) is 7.58. The average molecular weight is 426 g/mol. The van der Waals surface area contributed by atoms with Gasteiger partial charge in [-0.1, -0.05) is 0 Å². The highest BCUT2D eigenvalue weighted by molar-refractivity contribution is 14.1. The maximum atomic E-state index is 12.0. The first kappa shape index (κ1) is 18.1. The molecule has 1 unspecified atom stereocenters. The van der Waals surface area contributed by atoms with E-state index < -0.39 is 4.92 Å². The van der Waals surface area contributed by atoms with E-state index in [9.17, 15) is 14.9 Å². The molecule has 0 radical (unpaired) electrons. The Hall–Kier alpha value is -0.930. The third-order valence-corrected chi connectivity index (χ3v) is 4.30. The van der Waals surface area contributed by atoms with Crippen molar-refractivity contribution in [3.63, 3.8) is 0 Å². The predicted octanol–water partition coefficient (Wildman–Crippen LogP) is 2.35. The van der Waals surface area contributed by atoms with Crippen LogP contribution in [0.3, 0.4) is 0 Å². The fourth-order valence-electron chi connectivity index (χ4n) is 2.25. The third-order valence-electron chi connectivity index (χ3n) is 3.41. The largest absolute Gasteiger partial charge is 0.352 e. The zero-order valence-corrected chi connectivity index (χ0v) is 14.3. The summed E-state index contributed by atoms with van der Waals surface area (Å²) in [5.41, 5.74) is 0.490. The number of nitro benzene ring substituents is 1. The molecule has 8 heteroatoms. The van der Waals surface area contributed by atoms with E-state index in [1.807, 2.05) is 22.6 Å². The number of nitro groups is 1. The molecule has 1 fully saturated rings.